The predicted molar refractivity (Wildman–Crippen MR) is 91.1 cm³/mol. The van der Waals surface area contributed by atoms with Crippen molar-refractivity contribution in [3.8, 4) is 0 Å². The van der Waals surface area contributed by atoms with Crippen LogP contribution < -0.4 is 10.6 Å². The van der Waals surface area contributed by atoms with Crippen molar-refractivity contribution in [2.45, 2.75) is 33.2 Å². The standard InChI is InChI=1S/C9H9NO3.C8H15NO3/c11-8(12)6-10-9(13)7-4-2-1-3-5-7;1-5(2)4-7(8(11)12)9-6(3)10/h1-5H,6H2,(H,10,13)(H,11,12);5,7H,4H2,1-3H3,(H,9,10)(H,11,12). The number of hydrogen-bond acceptors (Lipinski definition) is 4. The number of carboxylic acids is 2. The largest absolute Gasteiger partial charge is 0.480 e. The number of benzene rings is 1. The first-order valence-electron chi connectivity index (χ1n) is 7.68. The van der Waals surface area contributed by atoms with Crippen LogP contribution in [-0.4, -0.2) is 46.6 Å². The lowest BCUT2D eigenvalue weighted by Crippen LogP contribution is -2.40. The lowest BCUT2D eigenvalue weighted by molar-refractivity contribution is -0.142. The fourth-order valence-corrected chi connectivity index (χ4v) is 1.79. The summed E-state index contributed by atoms with van der Waals surface area (Å²) in [7, 11) is 0. The van der Waals surface area contributed by atoms with Gasteiger partial charge < -0.3 is 20.8 Å². The number of carbonyl (C=O) groups excluding carboxylic acids is 2. The van der Waals surface area contributed by atoms with E-state index in [2.05, 4.69) is 10.6 Å². The molecular weight excluding hydrogens is 328 g/mol. The Morgan fingerprint density at radius 3 is 2.00 bits per heavy atom. The molecule has 8 nitrogen and oxygen atoms in total. The van der Waals surface area contributed by atoms with Gasteiger partial charge in [-0.1, -0.05) is 32.0 Å². The molecule has 0 aliphatic heterocycles. The van der Waals surface area contributed by atoms with Gasteiger partial charge in [0.25, 0.3) is 5.91 Å². The van der Waals surface area contributed by atoms with Gasteiger partial charge in [-0.05, 0) is 24.5 Å². The number of carboxylic acid groups (broad SMARTS) is 2. The van der Waals surface area contributed by atoms with Crippen LogP contribution in [0.4, 0.5) is 0 Å². The number of aliphatic carboxylic acids is 2. The van der Waals surface area contributed by atoms with E-state index in [9.17, 15) is 19.2 Å². The van der Waals surface area contributed by atoms with Crippen molar-refractivity contribution >= 4 is 23.8 Å². The van der Waals surface area contributed by atoms with Crippen molar-refractivity contribution < 1.29 is 29.4 Å². The van der Waals surface area contributed by atoms with E-state index in [0.29, 0.717) is 12.0 Å². The zero-order valence-corrected chi connectivity index (χ0v) is 14.5. The van der Waals surface area contributed by atoms with Crippen LogP contribution in [0.1, 0.15) is 37.6 Å². The quantitative estimate of drug-likeness (QED) is 0.581. The van der Waals surface area contributed by atoms with Gasteiger partial charge in [-0.15, -0.1) is 0 Å². The average molecular weight is 352 g/mol. The van der Waals surface area contributed by atoms with E-state index in [-0.39, 0.29) is 24.3 Å². The fourth-order valence-electron chi connectivity index (χ4n) is 1.79. The van der Waals surface area contributed by atoms with Gasteiger partial charge >= 0.3 is 11.9 Å². The topological polar surface area (TPSA) is 133 Å². The summed E-state index contributed by atoms with van der Waals surface area (Å²) in [6, 6.07) is 7.72. The average Bonchev–Trinajstić information content (AvgIpc) is 2.52. The summed E-state index contributed by atoms with van der Waals surface area (Å²) >= 11 is 0. The van der Waals surface area contributed by atoms with Crippen LogP contribution in [0.5, 0.6) is 0 Å². The molecule has 1 atom stereocenters. The monoisotopic (exact) mass is 352 g/mol. The number of rotatable bonds is 7. The summed E-state index contributed by atoms with van der Waals surface area (Å²) in [4.78, 5) is 42.4. The maximum Gasteiger partial charge on any atom is 0.326 e. The minimum Gasteiger partial charge on any atom is -0.480 e. The zero-order valence-electron chi connectivity index (χ0n) is 14.5. The summed E-state index contributed by atoms with van der Waals surface area (Å²) in [5.41, 5.74) is 0.462. The van der Waals surface area contributed by atoms with Gasteiger partial charge in [-0.2, -0.15) is 0 Å². The molecule has 0 aliphatic carbocycles. The highest BCUT2D eigenvalue weighted by Gasteiger charge is 2.18. The van der Waals surface area contributed by atoms with Crippen molar-refractivity contribution in [2.75, 3.05) is 6.54 Å². The fraction of sp³-hybridized carbons (Fsp3) is 0.412. The van der Waals surface area contributed by atoms with Gasteiger partial charge in [0.2, 0.25) is 5.91 Å². The lowest BCUT2D eigenvalue weighted by atomic mass is 10.0. The molecule has 1 unspecified atom stereocenters. The Kier molecular flexibility index (Phi) is 10.3. The normalized spacial score (nSPS) is 10.9. The summed E-state index contributed by atoms with van der Waals surface area (Å²) in [5, 5.41) is 21.6. The summed E-state index contributed by atoms with van der Waals surface area (Å²) < 4.78 is 0. The van der Waals surface area contributed by atoms with Crippen LogP contribution in [0.3, 0.4) is 0 Å². The second kappa shape index (κ2) is 11.6. The summed E-state index contributed by atoms with van der Waals surface area (Å²) in [5.74, 6) is -2.44. The van der Waals surface area contributed by atoms with E-state index in [1.165, 1.54) is 6.92 Å². The Morgan fingerprint density at radius 2 is 1.60 bits per heavy atom. The van der Waals surface area contributed by atoms with Crippen LogP contribution in [-0.2, 0) is 14.4 Å². The SMILES string of the molecule is CC(=O)NC(CC(C)C)C(=O)O.O=C(O)CNC(=O)c1ccccc1. The number of amides is 2. The molecule has 25 heavy (non-hydrogen) atoms. The third-order valence-corrected chi connectivity index (χ3v) is 2.82. The van der Waals surface area contributed by atoms with E-state index in [0.717, 1.165) is 0 Å². The number of hydrogen-bond donors (Lipinski definition) is 4. The minimum atomic E-state index is -1.05. The Balaban J connectivity index is 0.000000463. The van der Waals surface area contributed by atoms with Crippen molar-refractivity contribution in [1.82, 2.24) is 10.6 Å². The molecular formula is C17H24N2O6. The Morgan fingerprint density at radius 1 is 1.04 bits per heavy atom. The van der Waals surface area contributed by atoms with Gasteiger partial charge in [0, 0.05) is 12.5 Å². The molecule has 0 aliphatic rings. The van der Waals surface area contributed by atoms with Crippen molar-refractivity contribution in [3.63, 3.8) is 0 Å². The molecule has 2 amide bonds. The molecule has 1 aromatic carbocycles. The highest BCUT2D eigenvalue weighted by atomic mass is 16.4. The molecule has 138 valence electrons. The van der Waals surface area contributed by atoms with E-state index < -0.39 is 18.0 Å². The molecule has 1 rings (SSSR count). The van der Waals surface area contributed by atoms with E-state index in [1.54, 1.807) is 30.3 Å². The molecule has 1 aromatic rings. The van der Waals surface area contributed by atoms with Crippen LogP contribution in [0.25, 0.3) is 0 Å². The van der Waals surface area contributed by atoms with Gasteiger partial charge in [0.1, 0.15) is 12.6 Å². The maximum absolute atomic E-state index is 11.2. The third kappa shape index (κ3) is 11.3. The first-order valence-corrected chi connectivity index (χ1v) is 7.68. The van der Waals surface area contributed by atoms with Gasteiger partial charge in [0.15, 0.2) is 0 Å². The highest BCUT2D eigenvalue weighted by Crippen LogP contribution is 2.04. The molecule has 0 fully saturated rings. The maximum atomic E-state index is 11.2. The minimum absolute atomic E-state index is 0.262. The van der Waals surface area contributed by atoms with Crippen molar-refractivity contribution in [1.29, 1.82) is 0 Å². The van der Waals surface area contributed by atoms with Crippen LogP contribution in [0.15, 0.2) is 30.3 Å². The first-order chi connectivity index (χ1) is 11.6. The smallest absolute Gasteiger partial charge is 0.326 e. The predicted octanol–water partition coefficient (Wildman–Crippen LogP) is 1.12. The molecule has 0 spiro atoms. The molecule has 0 aromatic heterocycles. The van der Waals surface area contributed by atoms with Crippen molar-refractivity contribution in [2.24, 2.45) is 5.92 Å². The molecule has 0 heterocycles. The Labute approximate surface area is 146 Å². The Hall–Kier alpha value is -2.90. The molecule has 0 bridgehead atoms. The van der Waals surface area contributed by atoms with E-state index >= 15 is 0 Å². The second-order valence-electron chi connectivity index (χ2n) is 5.66. The number of nitrogens with one attached hydrogen (secondary N) is 2. The lowest BCUT2D eigenvalue weighted by Gasteiger charge is -2.14. The van der Waals surface area contributed by atoms with Gasteiger partial charge in [-0.25, -0.2) is 4.79 Å². The van der Waals surface area contributed by atoms with Crippen LogP contribution >= 0.6 is 0 Å². The number of carbonyl (C=O) groups is 4. The third-order valence-electron chi connectivity index (χ3n) is 2.82. The molecule has 4 N–H and O–H groups in total. The summed E-state index contributed by atoms with van der Waals surface area (Å²) in [6.45, 7) is 4.79. The van der Waals surface area contributed by atoms with E-state index in [4.69, 9.17) is 10.2 Å². The van der Waals surface area contributed by atoms with Crippen LogP contribution in [0, 0.1) is 5.92 Å². The molecule has 0 saturated carbocycles. The second-order valence-corrected chi connectivity index (χ2v) is 5.66. The zero-order chi connectivity index (χ0) is 19.4. The van der Waals surface area contributed by atoms with E-state index in [1.807, 2.05) is 13.8 Å². The molecule has 0 saturated heterocycles. The highest BCUT2D eigenvalue weighted by molar-refractivity contribution is 5.95. The van der Waals surface area contributed by atoms with Crippen LogP contribution in [0.2, 0.25) is 0 Å². The molecule has 8 heteroatoms. The Bertz CT molecular complexity index is 586. The van der Waals surface area contributed by atoms with Gasteiger partial charge in [-0.3, -0.25) is 14.4 Å². The summed E-state index contributed by atoms with van der Waals surface area (Å²) in [6.07, 6.45) is 0.467. The van der Waals surface area contributed by atoms with Gasteiger partial charge in [0.05, 0.1) is 0 Å². The first kappa shape index (κ1) is 22.1. The molecule has 0 radical (unpaired) electrons. The van der Waals surface area contributed by atoms with Crippen molar-refractivity contribution in [3.05, 3.63) is 35.9 Å².